The minimum absolute atomic E-state index is 0.00248. The topological polar surface area (TPSA) is 55.5 Å². The lowest BCUT2D eigenvalue weighted by Gasteiger charge is -2.09. The highest BCUT2D eigenvalue weighted by molar-refractivity contribution is 5.97. The van der Waals surface area contributed by atoms with Crippen LogP contribution in [0.2, 0.25) is 0 Å². The van der Waals surface area contributed by atoms with E-state index in [2.05, 4.69) is 4.99 Å². The van der Waals surface area contributed by atoms with Crippen molar-refractivity contribution in [3.63, 3.8) is 0 Å². The molecule has 0 amide bonds. The van der Waals surface area contributed by atoms with Gasteiger partial charge in [0.05, 0.1) is 0 Å². The molecule has 1 rings (SSSR count). The lowest BCUT2D eigenvalue weighted by molar-refractivity contribution is -0.494. The van der Waals surface area contributed by atoms with Gasteiger partial charge in [-0.25, -0.2) is 4.99 Å². The number of aliphatic imine (C=N–C) groups is 1. The van der Waals surface area contributed by atoms with Crippen LogP contribution in [-0.2, 0) is 0 Å². The fraction of sp³-hybridized carbons (Fsp3) is 0.500. The van der Waals surface area contributed by atoms with Crippen LogP contribution >= 0.6 is 0 Å². The molecule has 4 nitrogen and oxygen atoms in total. The first-order valence-electron chi connectivity index (χ1n) is 3.29. The van der Waals surface area contributed by atoms with Gasteiger partial charge in [-0.2, -0.15) is 13.2 Å². The van der Waals surface area contributed by atoms with E-state index in [4.69, 9.17) is 0 Å². The summed E-state index contributed by atoms with van der Waals surface area (Å²) in [6.45, 7) is 1.25. The molecule has 0 saturated heterocycles. The molecule has 0 N–H and O–H groups in total. The average Bonchev–Trinajstić information content (AvgIpc) is 2.28. The van der Waals surface area contributed by atoms with Crippen molar-refractivity contribution in [1.29, 1.82) is 0 Å². The molecule has 1 aliphatic heterocycles. The van der Waals surface area contributed by atoms with Crippen LogP contribution in [0.25, 0.3) is 0 Å². The van der Waals surface area contributed by atoms with Crippen molar-refractivity contribution in [2.45, 2.75) is 19.1 Å². The first-order chi connectivity index (χ1) is 5.84. The summed E-state index contributed by atoms with van der Waals surface area (Å²) in [5.74, 6) is 0. The van der Waals surface area contributed by atoms with Gasteiger partial charge < -0.3 is 0 Å². The Morgan fingerprint density at radius 2 is 2.15 bits per heavy atom. The van der Waals surface area contributed by atoms with E-state index in [0.29, 0.717) is 0 Å². The molecule has 7 heteroatoms. The summed E-state index contributed by atoms with van der Waals surface area (Å²) in [6, 6.07) is -1.83. The number of alkyl halides is 3. The number of rotatable bonds is 1. The first-order valence-corrected chi connectivity index (χ1v) is 3.29. The molecule has 0 radical (unpaired) electrons. The van der Waals surface area contributed by atoms with Crippen molar-refractivity contribution in [2.75, 3.05) is 0 Å². The highest BCUT2D eigenvalue weighted by Crippen LogP contribution is 2.27. The quantitative estimate of drug-likeness (QED) is 0.469. The zero-order chi connectivity index (χ0) is 10.2. The van der Waals surface area contributed by atoms with Gasteiger partial charge in [-0.15, -0.1) is 0 Å². The summed E-state index contributed by atoms with van der Waals surface area (Å²) in [7, 11) is 0. The molecule has 72 valence electrons. The van der Waals surface area contributed by atoms with Gasteiger partial charge in [0.15, 0.2) is 5.71 Å². The van der Waals surface area contributed by atoms with Crippen LogP contribution in [0.5, 0.6) is 0 Å². The number of hydrogen-bond donors (Lipinski definition) is 0. The zero-order valence-corrected chi connectivity index (χ0v) is 6.50. The Kier molecular flexibility index (Phi) is 2.10. The molecule has 0 aromatic carbocycles. The maximum absolute atomic E-state index is 12.1. The third-order valence-electron chi connectivity index (χ3n) is 1.60. The van der Waals surface area contributed by atoms with Crippen molar-refractivity contribution in [2.24, 2.45) is 4.99 Å². The predicted octanol–water partition coefficient (Wildman–Crippen LogP) is 1.55. The normalized spacial score (nSPS) is 22.6. The Hall–Kier alpha value is -1.40. The van der Waals surface area contributed by atoms with Gasteiger partial charge in [0.2, 0.25) is 0 Å². The number of hydrogen-bond acceptors (Lipinski definition) is 3. The molecule has 0 fully saturated rings. The molecule has 0 aromatic rings. The summed E-state index contributed by atoms with van der Waals surface area (Å²) in [4.78, 5) is 12.2. The fourth-order valence-corrected chi connectivity index (χ4v) is 1.02. The van der Waals surface area contributed by atoms with Crippen molar-refractivity contribution >= 4 is 5.71 Å². The van der Waals surface area contributed by atoms with Crippen molar-refractivity contribution in [3.8, 4) is 0 Å². The molecular formula is C6H5F3N2O2. The molecule has 13 heavy (non-hydrogen) atoms. The molecular weight excluding hydrogens is 189 g/mol. The fourth-order valence-electron chi connectivity index (χ4n) is 1.02. The van der Waals surface area contributed by atoms with E-state index in [1.165, 1.54) is 6.92 Å². The Morgan fingerprint density at radius 3 is 2.46 bits per heavy atom. The summed E-state index contributed by atoms with van der Waals surface area (Å²) < 4.78 is 36.2. The van der Waals surface area contributed by atoms with Crippen LogP contribution in [0.4, 0.5) is 13.2 Å². The largest absolute Gasteiger partial charge is 0.436 e. The van der Waals surface area contributed by atoms with Crippen molar-refractivity contribution in [3.05, 3.63) is 21.9 Å². The third kappa shape index (κ3) is 1.68. The van der Waals surface area contributed by atoms with Gasteiger partial charge in [0, 0.05) is 16.7 Å². The van der Waals surface area contributed by atoms with Crippen LogP contribution in [0, 0.1) is 10.1 Å². The molecule has 0 saturated carbocycles. The van der Waals surface area contributed by atoms with E-state index in [1.54, 1.807) is 0 Å². The number of nitrogens with zero attached hydrogens (tertiary/aromatic N) is 2. The molecule has 0 aromatic heterocycles. The standard InChI is InChI=1S/C6H5F3N2O2/c1-3-2-10-5(6(7,8)9)4(3)11(12)13/h2,4H,1H3/t4-/m0/s1. The Morgan fingerprint density at radius 1 is 1.62 bits per heavy atom. The van der Waals surface area contributed by atoms with Gasteiger partial charge in [-0.1, -0.05) is 0 Å². The van der Waals surface area contributed by atoms with E-state index in [9.17, 15) is 23.3 Å². The Bertz CT molecular complexity index is 305. The van der Waals surface area contributed by atoms with Crippen LogP contribution in [0.3, 0.4) is 0 Å². The zero-order valence-electron chi connectivity index (χ0n) is 6.50. The summed E-state index contributed by atoms with van der Waals surface area (Å²) >= 11 is 0. The van der Waals surface area contributed by atoms with Gasteiger partial charge in [-0.3, -0.25) is 10.1 Å². The average molecular weight is 194 g/mol. The van der Waals surface area contributed by atoms with Crippen LogP contribution < -0.4 is 0 Å². The minimum atomic E-state index is -4.73. The highest BCUT2D eigenvalue weighted by atomic mass is 19.4. The third-order valence-corrected chi connectivity index (χ3v) is 1.60. The van der Waals surface area contributed by atoms with E-state index in [0.717, 1.165) is 6.20 Å². The second kappa shape index (κ2) is 2.82. The SMILES string of the molecule is CC1=CN=C(C(F)(F)F)[C@H]1[N+](=O)[O-]. The summed E-state index contributed by atoms with van der Waals surface area (Å²) in [5.41, 5.74) is -1.35. The van der Waals surface area contributed by atoms with E-state index >= 15 is 0 Å². The summed E-state index contributed by atoms with van der Waals surface area (Å²) in [5, 5.41) is 10.3. The van der Waals surface area contributed by atoms with E-state index < -0.39 is 22.9 Å². The molecule has 0 unspecified atom stereocenters. The molecule has 0 spiro atoms. The first kappa shape index (κ1) is 9.69. The predicted molar refractivity (Wildman–Crippen MR) is 38.0 cm³/mol. The number of nitro groups is 1. The van der Waals surface area contributed by atoms with Gasteiger partial charge in [-0.05, 0) is 6.92 Å². The van der Waals surface area contributed by atoms with Gasteiger partial charge >= 0.3 is 6.18 Å². The Balaban J connectivity index is 2.99. The molecule has 1 aliphatic rings. The maximum atomic E-state index is 12.1. The number of halogens is 3. The lowest BCUT2D eigenvalue weighted by atomic mass is 10.1. The highest BCUT2D eigenvalue weighted by Gasteiger charge is 2.49. The van der Waals surface area contributed by atoms with Gasteiger partial charge in [0.25, 0.3) is 6.04 Å². The maximum Gasteiger partial charge on any atom is 0.436 e. The summed E-state index contributed by atoms with van der Waals surface area (Å²) in [6.07, 6.45) is -3.86. The molecule has 0 bridgehead atoms. The van der Waals surface area contributed by atoms with Crippen LogP contribution in [0.1, 0.15) is 6.92 Å². The van der Waals surface area contributed by atoms with Crippen molar-refractivity contribution < 1.29 is 18.1 Å². The molecule has 0 aliphatic carbocycles. The Labute approximate surface area is 70.9 Å². The van der Waals surface area contributed by atoms with E-state index in [-0.39, 0.29) is 5.57 Å². The second-order valence-electron chi connectivity index (χ2n) is 2.57. The minimum Gasteiger partial charge on any atom is -0.263 e. The van der Waals surface area contributed by atoms with Gasteiger partial charge in [0.1, 0.15) is 0 Å². The lowest BCUT2D eigenvalue weighted by Crippen LogP contribution is -2.38. The van der Waals surface area contributed by atoms with Crippen molar-refractivity contribution in [1.82, 2.24) is 0 Å². The van der Waals surface area contributed by atoms with Crippen LogP contribution in [0.15, 0.2) is 16.8 Å². The smallest absolute Gasteiger partial charge is 0.263 e. The second-order valence-corrected chi connectivity index (χ2v) is 2.57. The molecule has 1 heterocycles. The monoisotopic (exact) mass is 194 g/mol. The van der Waals surface area contributed by atoms with Crippen LogP contribution in [-0.4, -0.2) is 22.9 Å². The molecule has 1 atom stereocenters. The van der Waals surface area contributed by atoms with E-state index in [1.807, 2.05) is 0 Å².